The maximum Gasteiger partial charge on any atom is 0.267 e. The van der Waals surface area contributed by atoms with Crippen LogP contribution in [0.5, 0.6) is 0 Å². The summed E-state index contributed by atoms with van der Waals surface area (Å²) in [5.74, 6) is 0.249. The summed E-state index contributed by atoms with van der Waals surface area (Å²) >= 11 is 0. The largest absolute Gasteiger partial charge is 0.371 e. The van der Waals surface area contributed by atoms with Crippen LogP contribution >= 0.6 is 0 Å². The number of rotatable bonds is 5. The molecule has 2 saturated heterocycles. The Morgan fingerprint density at radius 3 is 2.77 bits per heavy atom. The van der Waals surface area contributed by atoms with Gasteiger partial charge in [0.2, 0.25) is 0 Å². The number of amides is 1. The summed E-state index contributed by atoms with van der Waals surface area (Å²) in [6, 6.07) is 10.4. The molecule has 1 amide bonds. The van der Waals surface area contributed by atoms with Gasteiger partial charge in [-0.25, -0.2) is 4.39 Å². The Morgan fingerprint density at radius 2 is 2.08 bits per heavy atom. The van der Waals surface area contributed by atoms with Crippen LogP contribution in [-0.2, 0) is 18.3 Å². The van der Waals surface area contributed by atoms with E-state index in [4.69, 9.17) is 4.74 Å². The lowest BCUT2D eigenvalue weighted by atomic mass is 10.0. The van der Waals surface area contributed by atoms with Crippen LogP contribution in [0.1, 0.15) is 22.5 Å². The van der Waals surface area contributed by atoms with Crippen molar-refractivity contribution in [1.82, 2.24) is 14.8 Å². The average molecular weight is 357 g/mol. The van der Waals surface area contributed by atoms with Gasteiger partial charge in [-0.3, -0.25) is 9.69 Å². The van der Waals surface area contributed by atoms with Crippen molar-refractivity contribution in [3.63, 3.8) is 0 Å². The molecule has 2 aliphatic heterocycles. The molecular weight excluding hydrogens is 333 g/mol. The van der Waals surface area contributed by atoms with Crippen LogP contribution in [0.15, 0.2) is 42.6 Å². The van der Waals surface area contributed by atoms with Crippen LogP contribution in [0.4, 0.5) is 4.39 Å². The van der Waals surface area contributed by atoms with E-state index in [2.05, 4.69) is 10.2 Å². The number of benzene rings is 1. The van der Waals surface area contributed by atoms with Gasteiger partial charge in [0.05, 0.1) is 12.2 Å². The minimum atomic E-state index is -0.199. The molecule has 0 radical (unpaired) electrons. The first-order chi connectivity index (χ1) is 12.6. The maximum absolute atomic E-state index is 13.0. The van der Waals surface area contributed by atoms with Crippen molar-refractivity contribution in [2.24, 2.45) is 13.0 Å². The van der Waals surface area contributed by atoms with E-state index in [0.717, 1.165) is 31.6 Å². The summed E-state index contributed by atoms with van der Waals surface area (Å²) < 4.78 is 21.0. The molecule has 1 aromatic carbocycles. The molecule has 26 heavy (non-hydrogen) atoms. The van der Waals surface area contributed by atoms with E-state index in [9.17, 15) is 9.18 Å². The summed E-state index contributed by atoms with van der Waals surface area (Å²) in [7, 11) is 1.86. The predicted molar refractivity (Wildman–Crippen MR) is 96.2 cm³/mol. The lowest BCUT2D eigenvalue weighted by Gasteiger charge is -2.19. The van der Waals surface area contributed by atoms with Crippen LogP contribution in [0.2, 0.25) is 0 Å². The molecule has 1 aromatic heterocycles. The van der Waals surface area contributed by atoms with E-state index in [1.165, 1.54) is 12.1 Å². The van der Waals surface area contributed by atoms with Crippen molar-refractivity contribution >= 4 is 5.91 Å². The first-order valence-corrected chi connectivity index (χ1v) is 9.10. The fourth-order valence-corrected chi connectivity index (χ4v) is 4.05. The number of hydrogen-bond acceptors (Lipinski definition) is 3. The van der Waals surface area contributed by atoms with Gasteiger partial charge >= 0.3 is 0 Å². The molecule has 2 aromatic rings. The first kappa shape index (κ1) is 17.2. The molecule has 138 valence electrons. The van der Waals surface area contributed by atoms with Gasteiger partial charge < -0.3 is 14.6 Å². The number of aryl methyl sites for hydroxylation is 1. The highest BCUT2D eigenvalue weighted by Gasteiger charge is 2.41. The van der Waals surface area contributed by atoms with E-state index in [0.29, 0.717) is 18.2 Å². The molecule has 0 saturated carbocycles. The number of carbonyl (C=O) groups excluding carboxylic acids is 1. The summed E-state index contributed by atoms with van der Waals surface area (Å²) in [5, 5.41) is 2.98. The third-order valence-corrected chi connectivity index (χ3v) is 5.38. The molecule has 0 unspecified atom stereocenters. The van der Waals surface area contributed by atoms with Gasteiger partial charge in [-0.2, -0.15) is 0 Å². The Kier molecular flexibility index (Phi) is 4.78. The smallest absolute Gasteiger partial charge is 0.267 e. The minimum Gasteiger partial charge on any atom is -0.371 e. The summed E-state index contributed by atoms with van der Waals surface area (Å²) in [4.78, 5) is 14.5. The quantitative estimate of drug-likeness (QED) is 0.892. The second-order valence-corrected chi connectivity index (χ2v) is 7.33. The summed E-state index contributed by atoms with van der Waals surface area (Å²) in [6.07, 6.45) is 3.15. The van der Waals surface area contributed by atoms with Crippen molar-refractivity contribution in [1.29, 1.82) is 0 Å². The van der Waals surface area contributed by atoms with Gasteiger partial charge in [0.1, 0.15) is 11.5 Å². The molecule has 3 heterocycles. The van der Waals surface area contributed by atoms with E-state index >= 15 is 0 Å². The molecule has 0 aliphatic carbocycles. The monoisotopic (exact) mass is 357 g/mol. The van der Waals surface area contributed by atoms with Gasteiger partial charge in [0.15, 0.2) is 0 Å². The van der Waals surface area contributed by atoms with Crippen molar-refractivity contribution < 1.29 is 13.9 Å². The number of halogens is 1. The van der Waals surface area contributed by atoms with Crippen LogP contribution in [0.25, 0.3) is 0 Å². The molecule has 3 atom stereocenters. The molecule has 0 bridgehead atoms. The highest BCUT2D eigenvalue weighted by Crippen LogP contribution is 2.33. The zero-order valence-electron chi connectivity index (χ0n) is 14.9. The summed E-state index contributed by atoms with van der Waals surface area (Å²) in [6.45, 7) is 3.26. The third kappa shape index (κ3) is 3.66. The second kappa shape index (κ2) is 7.21. The van der Waals surface area contributed by atoms with E-state index in [-0.39, 0.29) is 23.9 Å². The van der Waals surface area contributed by atoms with Crippen molar-refractivity contribution in [3.8, 4) is 0 Å². The highest BCUT2D eigenvalue weighted by atomic mass is 19.1. The fourth-order valence-electron chi connectivity index (χ4n) is 4.05. The molecule has 5 nitrogen and oxygen atoms in total. The normalized spacial score (nSPS) is 25.4. The second-order valence-electron chi connectivity index (χ2n) is 7.33. The molecule has 2 aliphatic rings. The number of ether oxygens (including phenoxy) is 1. The predicted octanol–water partition coefficient (Wildman–Crippen LogP) is 2.18. The molecule has 2 fully saturated rings. The van der Waals surface area contributed by atoms with Crippen molar-refractivity contribution in [3.05, 3.63) is 59.7 Å². The maximum atomic E-state index is 13.0. The van der Waals surface area contributed by atoms with Crippen molar-refractivity contribution in [2.45, 2.75) is 25.2 Å². The Bertz CT molecular complexity index is 760. The number of carbonyl (C=O) groups is 1. The number of fused-ring (bicyclic) bond motifs is 1. The third-order valence-electron chi connectivity index (χ3n) is 5.38. The van der Waals surface area contributed by atoms with Crippen molar-refractivity contribution in [2.75, 3.05) is 19.6 Å². The Hall–Kier alpha value is -2.18. The summed E-state index contributed by atoms with van der Waals surface area (Å²) in [5.41, 5.74) is 1.78. The highest BCUT2D eigenvalue weighted by molar-refractivity contribution is 5.92. The standard InChI is InChI=1S/C20H24FN3O2/c1-23-8-2-3-18(23)20(25)22-10-17-9-15-12-24(13-19(15)26-17)11-14-4-6-16(21)7-5-14/h2-8,15,17,19H,9-13H2,1H3,(H,22,25)/t15-,17-,19+/m1/s1. The van der Waals surface area contributed by atoms with E-state index < -0.39 is 0 Å². The lowest BCUT2D eigenvalue weighted by molar-refractivity contribution is 0.0371. The van der Waals surface area contributed by atoms with Gasteiger partial charge in [0, 0.05) is 45.3 Å². The Labute approximate surface area is 152 Å². The van der Waals surface area contributed by atoms with E-state index in [1.807, 2.05) is 42.1 Å². The minimum absolute atomic E-state index is 0.0592. The van der Waals surface area contributed by atoms with Crippen LogP contribution in [0.3, 0.4) is 0 Å². The van der Waals surface area contributed by atoms with Gasteiger partial charge in [-0.15, -0.1) is 0 Å². The zero-order valence-corrected chi connectivity index (χ0v) is 14.9. The fraction of sp³-hybridized carbons (Fsp3) is 0.450. The first-order valence-electron chi connectivity index (χ1n) is 9.10. The number of nitrogens with one attached hydrogen (secondary N) is 1. The lowest BCUT2D eigenvalue weighted by Crippen LogP contribution is -2.34. The molecule has 4 rings (SSSR count). The molecule has 0 spiro atoms. The Morgan fingerprint density at radius 1 is 1.27 bits per heavy atom. The SMILES string of the molecule is Cn1cccc1C(=O)NC[C@H]1C[C@@H]2CN(Cc3ccc(F)cc3)C[C@@H]2O1. The van der Waals surface area contributed by atoms with Crippen LogP contribution in [0, 0.1) is 11.7 Å². The molecule has 1 N–H and O–H groups in total. The van der Waals surface area contributed by atoms with E-state index in [1.54, 1.807) is 0 Å². The average Bonchev–Trinajstić information content (AvgIpc) is 3.29. The number of aromatic nitrogens is 1. The van der Waals surface area contributed by atoms with Crippen LogP contribution in [-0.4, -0.2) is 47.2 Å². The van der Waals surface area contributed by atoms with Gasteiger partial charge in [-0.1, -0.05) is 12.1 Å². The molecule has 6 heteroatoms. The number of hydrogen-bond donors (Lipinski definition) is 1. The Balaban J connectivity index is 1.24. The number of likely N-dealkylation sites (tertiary alicyclic amines) is 1. The topological polar surface area (TPSA) is 46.5 Å². The zero-order chi connectivity index (χ0) is 18.1. The van der Waals surface area contributed by atoms with Gasteiger partial charge in [0.25, 0.3) is 5.91 Å². The molecular formula is C20H24FN3O2. The van der Waals surface area contributed by atoms with Gasteiger partial charge in [-0.05, 0) is 36.2 Å². The van der Waals surface area contributed by atoms with Crippen LogP contribution < -0.4 is 5.32 Å². The number of nitrogens with zero attached hydrogens (tertiary/aromatic N) is 2.